The topological polar surface area (TPSA) is 70.4 Å². The van der Waals surface area contributed by atoms with E-state index >= 15 is 0 Å². The zero-order valence-corrected chi connectivity index (χ0v) is 11.0. The van der Waals surface area contributed by atoms with Crippen molar-refractivity contribution in [2.75, 3.05) is 26.3 Å². The van der Waals surface area contributed by atoms with Gasteiger partial charge in [0.1, 0.15) is 11.0 Å². The average molecular weight is 287 g/mol. The van der Waals surface area contributed by atoms with Crippen LogP contribution in [0.25, 0.3) is 0 Å². The van der Waals surface area contributed by atoms with Crippen LogP contribution in [0.5, 0.6) is 0 Å². The van der Waals surface area contributed by atoms with Crippen molar-refractivity contribution in [3.63, 3.8) is 0 Å². The van der Waals surface area contributed by atoms with E-state index in [2.05, 4.69) is 0 Å². The van der Waals surface area contributed by atoms with Crippen molar-refractivity contribution in [2.24, 2.45) is 0 Å². The molecule has 0 aliphatic carbocycles. The minimum absolute atomic E-state index is 0.0422. The molecule has 18 heavy (non-hydrogen) atoms. The smallest absolute Gasteiger partial charge is 0.244 e. The Morgan fingerprint density at radius 3 is 2.61 bits per heavy atom. The fourth-order valence-electron chi connectivity index (χ4n) is 1.73. The van der Waals surface area contributed by atoms with Crippen LogP contribution in [-0.2, 0) is 14.8 Å². The predicted molar refractivity (Wildman–Crippen MR) is 65.7 cm³/mol. The molecular weight excluding hydrogens is 276 g/mol. The molecule has 2 rings (SSSR count). The summed E-state index contributed by atoms with van der Waals surface area (Å²) in [6, 6.07) is 6.09. The van der Waals surface area contributed by atoms with Crippen LogP contribution >= 0.6 is 11.6 Å². The van der Waals surface area contributed by atoms with Gasteiger partial charge >= 0.3 is 0 Å². The maximum atomic E-state index is 12.4. The Kier molecular flexibility index (Phi) is 3.88. The molecule has 1 aliphatic heterocycles. The maximum Gasteiger partial charge on any atom is 0.244 e. The number of ether oxygens (including phenoxy) is 1. The number of halogens is 1. The van der Waals surface area contributed by atoms with E-state index in [9.17, 15) is 8.42 Å². The molecule has 0 unspecified atom stereocenters. The van der Waals surface area contributed by atoms with Gasteiger partial charge in [0, 0.05) is 18.1 Å². The van der Waals surface area contributed by atoms with Gasteiger partial charge in [-0.15, -0.1) is 0 Å². The number of sulfonamides is 1. The first-order valence-electron chi connectivity index (χ1n) is 5.33. The Balaban J connectivity index is 2.46. The van der Waals surface area contributed by atoms with Gasteiger partial charge in [0.15, 0.2) is 0 Å². The lowest BCUT2D eigenvalue weighted by molar-refractivity contribution is 0.0730. The van der Waals surface area contributed by atoms with E-state index in [1.807, 2.05) is 6.07 Å². The van der Waals surface area contributed by atoms with E-state index in [-0.39, 0.29) is 10.5 Å². The molecule has 1 aromatic carbocycles. The number of morpholine rings is 1. The number of rotatable bonds is 2. The summed E-state index contributed by atoms with van der Waals surface area (Å²) >= 11 is 5.80. The van der Waals surface area contributed by atoms with E-state index in [0.717, 1.165) is 0 Å². The molecule has 0 radical (unpaired) electrons. The third-order valence-electron chi connectivity index (χ3n) is 2.65. The van der Waals surface area contributed by atoms with Crippen LogP contribution in [0.1, 0.15) is 5.56 Å². The van der Waals surface area contributed by atoms with E-state index < -0.39 is 10.0 Å². The minimum atomic E-state index is -3.68. The number of nitriles is 1. The maximum absolute atomic E-state index is 12.4. The monoisotopic (exact) mass is 286 g/mol. The summed E-state index contributed by atoms with van der Waals surface area (Å²) in [5.74, 6) is 0. The van der Waals surface area contributed by atoms with Crippen molar-refractivity contribution in [3.05, 3.63) is 28.8 Å². The van der Waals surface area contributed by atoms with Crippen LogP contribution < -0.4 is 0 Å². The van der Waals surface area contributed by atoms with Crippen molar-refractivity contribution in [3.8, 4) is 6.07 Å². The second-order valence-corrected chi connectivity index (χ2v) is 6.11. The SMILES string of the molecule is N#Cc1ccc(Cl)cc1S(=O)(=O)N1CCOCC1. The molecule has 1 heterocycles. The standard InChI is InChI=1S/C11H11ClN2O3S/c12-10-2-1-9(8-13)11(7-10)18(15,16)14-3-5-17-6-4-14/h1-2,7H,3-6H2. The molecular formula is C11H11ClN2O3S. The summed E-state index contributed by atoms with van der Waals surface area (Å²) in [4.78, 5) is -0.0422. The summed E-state index contributed by atoms with van der Waals surface area (Å²) < 4.78 is 31.2. The Morgan fingerprint density at radius 1 is 1.33 bits per heavy atom. The lowest BCUT2D eigenvalue weighted by Crippen LogP contribution is -2.40. The highest BCUT2D eigenvalue weighted by molar-refractivity contribution is 7.89. The Morgan fingerprint density at radius 2 is 2.00 bits per heavy atom. The highest BCUT2D eigenvalue weighted by Gasteiger charge is 2.28. The van der Waals surface area contributed by atoms with Gasteiger partial charge in [0.05, 0.1) is 18.8 Å². The molecule has 0 N–H and O–H groups in total. The van der Waals surface area contributed by atoms with Crippen LogP contribution in [0.3, 0.4) is 0 Å². The lowest BCUT2D eigenvalue weighted by atomic mass is 10.2. The Hall–Kier alpha value is -1.13. The third-order valence-corrected chi connectivity index (χ3v) is 4.83. The number of hydrogen-bond donors (Lipinski definition) is 0. The van der Waals surface area contributed by atoms with E-state index in [0.29, 0.717) is 31.3 Å². The molecule has 1 aromatic rings. The zero-order valence-electron chi connectivity index (χ0n) is 9.47. The largest absolute Gasteiger partial charge is 0.379 e. The molecule has 1 saturated heterocycles. The molecule has 0 atom stereocenters. The normalized spacial score (nSPS) is 17.3. The van der Waals surface area contributed by atoms with Gasteiger partial charge < -0.3 is 4.74 Å². The third kappa shape index (κ3) is 2.49. The van der Waals surface area contributed by atoms with Gasteiger partial charge in [-0.1, -0.05) is 11.6 Å². The van der Waals surface area contributed by atoms with Crippen molar-refractivity contribution in [1.29, 1.82) is 5.26 Å². The van der Waals surface area contributed by atoms with Crippen LogP contribution in [0.2, 0.25) is 5.02 Å². The Bertz CT molecular complexity index is 589. The molecule has 1 aliphatic rings. The molecule has 0 spiro atoms. The van der Waals surface area contributed by atoms with E-state index in [1.165, 1.54) is 22.5 Å². The van der Waals surface area contributed by atoms with Crippen molar-refractivity contribution in [2.45, 2.75) is 4.90 Å². The first-order chi connectivity index (χ1) is 8.55. The zero-order chi connectivity index (χ0) is 13.2. The van der Waals surface area contributed by atoms with E-state index in [4.69, 9.17) is 21.6 Å². The molecule has 1 fully saturated rings. The van der Waals surface area contributed by atoms with Crippen LogP contribution in [-0.4, -0.2) is 39.0 Å². The van der Waals surface area contributed by atoms with Crippen LogP contribution in [0.4, 0.5) is 0 Å². The van der Waals surface area contributed by atoms with Gasteiger partial charge in [-0.05, 0) is 18.2 Å². The molecule has 0 aromatic heterocycles. The second kappa shape index (κ2) is 5.24. The fourth-order valence-corrected chi connectivity index (χ4v) is 3.54. The Labute approximate surface area is 111 Å². The number of nitrogens with zero attached hydrogens (tertiary/aromatic N) is 2. The first kappa shape index (κ1) is 13.3. The molecule has 0 bridgehead atoms. The van der Waals surface area contributed by atoms with Crippen molar-refractivity contribution in [1.82, 2.24) is 4.31 Å². The van der Waals surface area contributed by atoms with Crippen molar-refractivity contribution < 1.29 is 13.2 Å². The summed E-state index contributed by atoms with van der Waals surface area (Å²) in [5.41, 5.74) is 0.103. The van der Waals surface area contributed by atoms with Gasteiger partial charge in [-0.3, -0.25) is 0 Å². The lowest BCUT2D eigenvalue weighted by Gasteiger charge is -2.26. The average Bonchev–Trinajstić information content (AvgIpc) is 2.39. The summed E-state index contributed by atoms with van der Waals surface area (Å²) in [7, 11) is -3.68. The van der Waals surface area contributed by atoms with Gasteiger partial charge in [0.2, 0.25) is 10.0 Å². The highest BCUT2D eigenvalue weighted by Crippen LogP contribution is 2.24. The molecule has 0 saturated carbocycles. The van der Waals surface area contributed by atoms with Crippen molar-refractivity contribution >= 4 is 21.6 Å². The highest BCUT2D eigenvalue weighted by atomic mass is 35.5. The molecule has 0 amide bonds. The van der Waals surface area contributed by atoms with Crippen LogP contribution in [0, 0.1) is 11.3 Å². The van der Waals surface area contributed by atoms with Gasteiger partial charge in [-0.2, -0.15) is 9.57 Å². The number of hydrogen-bond acceptors (Lipinski definition) is 4. The van der Waals surface area contributed by atoms with Crippen LogP contribution in [0.15, 0.2) is 23.1 Å². The predicted octanol–water partition coefficient (Wildman–Crippen LogP) is 1.23. The summed E-state index contributed by atoms with van der Waals surface area (Å²) in [6.45, 7) is 1.31. The molecule has 96 valence electrons. The quantitative estimate of drug-likeness (QED) is 0.820. The summed E-state index contributed by atoms with van der Waals surface area (Å²) in [5, 5.41) is 9.26. The van der Waals surface area contributed by atoms with Gasteiger partial charge in [0.25, 0.3) is 0 Å². The first-order valence-corrected chi connectivity index (χ1v) is 7.15. The fraction of sp³-hybridized carbons (Fsp3) is 0.364. The summed E-state index contributed by atoms with van der Waals surface area (Å²) in [6.07, 6.45) is 0. The van der Waals surface area contributed by atoms with E-state index in [1.54, 1.807) is 0 Å². The van der Waals surface area contributed by atoms with Gasteiger partial charge in [-0.25, -0.2) is 8.42 Å². The second-order valence-electron chi connectivity index (χ2n) is 3.77. The molecule has 5 nitrogen and oxygen atoms in total. The number of benzene rings is 1. The minimum Gasteiger partial charge on any atom is -0.379 e. The molecule has 7 heteroatoms.